The van der Waals surface area contributed by atoms with Gasteiger partial charge in [0.2, 0.25) is 0 Å². The number of likely N-dealkylation sites (tertiary alicyclic amines) is 1. The van der Waals surface area contributed by atoms with Crippen molar-refractivity contribution >= 4 is 23.4 Å². The second-order valence-corrected chi connectivity index (χ2v) is 9.61. The maximum atomic E-state index is 13.4. The van der Waals surface area contributed by atoms with Gasteiger partial charge in [-0.05, 0) is 48.0 Å². The van der Waals surface area contributed by atoms with E-state index in [9.17, 15) is 14.4 Å². The quantitative estimate of drug-likeness (QED) is 0.398. The normalized spacial score (nSPS) is 19.2. The molecule has 2 atom stereocenters. The molecule has 4 bridgehead atoms. The van der Waals surface area contributed by atoms with Crippen LogP contribution in [0.1, 0.15) is 26.4 Å². The first kappa shape index (κ1) is 25.2. The standard InChI is InChI=1S/C29H27N5O6/c1-38-23-10-7-19-12-24(23)39-17-27(35)30-13-18-5-8-20(9-6-18)40-25-16-34(14-21(25)32-28(19)36)29(37)22-15-33-11-3-2-4-26(33)31-22/h2-12,15,21,25H,13-14,16-17H2,1H3,(H,30,35)(H,32,36)/t21-,25-/m0/s1. The molecule has 0 aliphatic carbocycles. The van der Waals surface area contributed by atoms with Crippen LogP contribution in [-0.4, -0.2) is 71.0 Å². The van der Waals surface area contributed by atoms with Gasteiger partial charge in [-0.25, -0.2) is 4.98 Å². The van der Waals surface area contributed by atoms with E-state index in [1.54, 1.807) is 39.8 Å². The minimum absolute atomic E-state index is 0.235. The van der Waals surface area contributed by atoms with Crippen LogP contribution in [0.3, 0.4) is 0 Å². The van der Waals surface area contributed by atoms with E-state index >= 15 is 0 Å². The Kier molecular flexibility index (Phi) is 6.69. The summed E-state index contributed by atoms with van der Waals surface area (Å²) in [7, 11) is 1.48. The van der Waals surface area contributed by atoms with E-state index in [4.69, 9.17) is 14.2 Å². The molecule has 2 aromatic heterocycles. The highest BCUT2D eigenvalue weighted by atomic mass is 16.5. The summed E-state index contributed by atoms with van der Waals surface area (Å²) < 4.78 is 19.1. The third-order valence-electron chi connectivity index (χ3n) is 6.94. The van der Waals surface area contributed by atoms with Crippen LogP contribution >= 0.6 is 0 Å². The number of imidazole rings is 1. The summed E-state index contributed by atoms with van der Waals surface area (Å²) in [6.07, 6.45) is 3.01. The largest absolute Gasteiger partial charge is 0.493 e. The number of ether oxygens (including phenoxy) is 3. The molecular formula is C29H27N5O6. The SMILES string of the molecule is COc1ccc2cc1OCC(=O)NCc1ccc(cc1)O[C@H]1CN(C(=O)c3cn4ccccc4n3)C[C@@H]1NC2=O. The zero-order valence-electron chi connectivity index (χ0n) is 21.7. The van der Waals surface area contributed by atoms with E-state index < -0.39 is 12.1 Å². The molecule has 2 N–H and O–H groups in total. The first-order valence-electron chi connectivity index (χ1n) is 12.8. The van der Waals surface area contributed by atoms with Gasteiger partial charge in [0.25, 0.3) is 17.7 Å². The molecule has 11 heteroatoms. The molecule has 3 amide bonds. The van der Waals surface area contributed by atoms with E-state index in [0.717, 1.165) is 5.56 Å². The number of amides is 3. The van der Waals surface area contributed by atoms with Crippen LogP contribution < -0.4 is 24.8 Å². The maximum Gasteiger partial charge on any atom is 0.274 e. The number of carbonyl (C=O) groups is 3. The van der Waals surface area contributed by atoms with Gasteiger partial charge in [-0.15, -0.1) is 0 Å². The Hall–Kier alpha value is -5.06. The van der Waals surface area contributed by atoms with Crippen LogP contribution in [0.2, 0.25) is 0 Å². The van der Waals surface area contributed by atoms with Crippen LogP contribution in [0, 0.1) is 0 Å². The van der Waals surface area contributed by atoms with Crippen LogP contribution in [0.25, 0.3) is 5.65 Å². The van der Waals surface area contributed by atoms with E-state index in [0.29, 0.717) is 34.9 Å². The van der Waals surface area contributed by atoms with E-state index in [1.807, 2.05) is 36.5 Å². The van der Waals surface area contributed by atoms with Crippen molar-refractivity contribution in [2.45, 2.75) is 18.7 Å². The van der Waals surface area contributed by atoms with E-state index in [1.165, 1.54) is 13.2 Å². The minimum Gasteiger partial charge on any atom is -0.493 e. The third kappa shape index (κ3) is 5.13. The molecule has 0 spiro atoms. The van der Waals surface area contributed by atoms with Crippen molar-refractivity contribution in [1.29, 1.82) is 0 Å². The van der Waals surface area contributed by atoms with Crippen molar-refractivity contribution in [1.82, 2.24) is 24.9 Å². The molecule has 1 saturated heterocycles. The van der Waals surface area contributed by atoms with Gasteiger partial charge in [-0.1, -0.05) is 18.2 Å². The molecule has 4 aromatic rings. The average molecular weight is 542 g/mol. The van der Waals surface area contributed by atoms with Crippen LogP contribution in [0.5, 0.6) is 17.2 Å². The number of carbonyl (C=O) groups excluding carboxylic acids is 3. The second kappa shape index (κ2) is 10.6. The Morgan fingerprint density at radius 2 is 1.93 bits per heavy atom. The number of pyridine rings is 1. The summed E-state index contributed by atoms with van der Waals surface area (Å²) in [5.41, 5.74) is 2.18. The molecule has 3 aliphatic rings. The minimum atomic E-state index is -0.514. The van der Waals surface area contributed by atoms with Crippen LogP contribution in [0.15, 0.2) is 73.1 Å². The third-order valence-corrected chi connectivity index (χ3v) is 6.94. The Balaban J connectivity index is 1.30. The van der Waals surface area contributed by atoms with Crippen molar-refractivity contribution < 1.29 is 28.6 Å². The summed E-state index contributed by atoms with van der Waals surface area (Å²) in [6.45, 7) is 0.562. The highest BCUT2D eigenvalue weighted by Gasteiger charge is 2.39. The molecule has 5 heterocycles. The predicted molar refractivity (Wildman–Crippen MR) is 144 cm³/mol. The van der Waals surface area contributed by atoms with Gasteiger partial charge in [0, 0.05) is 31.0 Å². The fourth-order valence-electron chi connectivity index (χ4n) is 4.84. The molecule has 7 rings (SSSR count). The first-order valence-corrected chi connectivity index (χ1v) is 12.8. The fourth-order valence-corrected chi connectivity index (χ4v) is 4.84. The molecule has 0 saturated carbocycles. The number of methoxy groups -OCH3 is 1. The summed E-state index contributed by atoms with van der Waals surface area (Å²) in [4.78, 5) is 45.2. The van der Waals surface area contributed by atoms with Gasteiger partial charge >= 0.3 is 0 Å². The highest BCUT2D eigenvalue weighted by molar-refractivity contribution is 5.96. The van der Waals surface area contributed by atoms with E-state index in [2.05, 4.69) is 15.6 Å². The maximum absolute atomic E-state index is 13.4. The molecule has 11 nitrogen and oxygen atoms in total. The molecule has 1 fully saturated rings. The molecule has 0 unspecified atom stereocenters. The van der Waals surface area contributed by atoms with Crippen molar-refractivity contribution in [3.63, 3.8) is 0 Å². The van der Waals surface area contributed by atoms with Crippen molar-refractivity contribution in [2.24, 2.45) is 0 Å². The van der Waals surface area contributed by atoms with Gasteiger partial charge in [0.1, 0.15) is 23.2 Å². The smallest absolute Gasteiger partial charge is 0.274 e. The molecule has 3 aliphatic heterocycles. The molecule has 40 heavy (non-hydrogen) atoms. The fraction of sp³-hybridized carbons (Fsp3) is 0.241. The number of rotatable bonds is 2. The van der Waals surface area contributed by atoms with Crippen molar-refractivity contribution in [2.75, 3.05) is 26.8 Å². The van der Waals surface area contributed by atoms with Gasteiger partial charge < -0.3 is 34.1 Å². The molecule has 2 aromatic carbocycles. The Bertz CT molecular complexity index is 1550. The Morgan fingerprint density at radius 3 is 2.73 bits per heavy atom. The number of nitrogens with one attached hydrogen (secondary N) is 2. The average Bonchev–Trinajstić information content (AvgIpc) is 3.59. The van der Waals surface area contributed by atoms with Gasteiger partial charge in [-0.2, -0.15) is 0 Å². The van der Waals surface area contributed by atoms with Gasteiger partial charge in [0.15, 0.2) is 18.1 Å². The topological polar surface area (TPSA) is 124 Å². The van der Waals surface area contributed by atoms with Crippen molar-refractivity contribution in [3.8, 4) is 17.2 Å². The van der Waals surface area contributed by atoms with Crippen LogP contribution in [-0.2, 0) is 11.3 Å². The predicted octanol–water partition coefficient (Wildman–Crippen LogP) is 2.05. The lowest BCUT2D eigenvalue weighted by molar-refractivity contribution is -0.123. The van der Waals surface area contributed by atoms with E-state index in [-0.39, 0.29) is 43.2 Å². The lowest BCUT2D eigenvalue weighted by atomic mass is 10.1. The highest BCUT2D eigenvalue weighted by Crippen LogP contribution is 2.29. The number of hydrogen-bond acceptors (Lipinski definition) is 7. The lowest BCUT2D eigenvalue weighted by Gasteiger charge is -2.21. The number of benzene rings is 2. The lowest BCUT2D eigenvalue weighted by Crippen LogP contribution is -2.45. The molecule has 0 radical (unpaired) electrons. The zero-order chi connectivity index (χ0) is 27.6. The monoisotopic (exact) mass is 541 g/mol. The summed E-state index contributed by atoms with van der Waals surface area (Å²) in [6, 6.07) is 17.1. The second-order valence-electron chi connectivity index (χ2n) is 9.61. The number of nitrogens with zero attached hydrogens (tertiary/aromatic N) is 3. The number of hydrogen-bond donors (Lipinski definition) is 2. The summed E-state index contributed by atoms with van der Waals surface area (Å²) in [5.74, 6) is 0.303. The molecule has 204 valence electrons. The number of aromatic nitrogens is 2. The Morgan fingerprint density at radius 1 is 1.07 bits per heavy atom. The zero-order valence-corrected chi connectivity index (χ0v) is 21.7. The van der Waals surface area contributed by atoms with Gasteiger partial charge in [-0.3, -0.25) is 14.4 Å². The Labute approximate surface area is 229 Å². The summed E-state index contributed by atoms with van der Waals surface area (Å²) in [5, 5.41) is 5.83. The van der Waals surface area contributed by atoms with Gasteiger partial charge in [0.05, 0.1) is 19.7 Å². The van der Waals surface area contributed by atoms with Crippen molar-refractivity contribution in [3.05, 3.63) is 89.9 Å². The van der Waals surface area contributed by atoms with Crippen LogP contribution in [0.4, 0.5) is 0 Å². The summed E-state index contributed by atoms with van der Waals surface area (Å²) >= 11 is 0. The molecular weight excluding hydrogens is 514 g/mol. The first-order chi connectivity index (χ1) is 19.5. The number of fused-ring (bicyclic) bond motifs is 8.